The predicted octanol–water partition coefficient (Wildman–Crippen LogP) is 3.56. The maximum atomic E-state index is 12.6. The SMILES string of the molecule is CC(C)CNC(=O)N1CCC(COc2cccc(C(F)(F)F)n2)CC1. The molecule has 0 bridgehead atoms. The van der Waals surface area contributed by atoms with Gasteiger partial charge in [-0.05, 0) is 30.7 Å². The lowest BCUT2D eigenvalue weighted by Crippen LogP contribution is -2.46. The van der Waals surface area contributed by atoms with Crippen molar-refractivity contribution in [3.8, 4) is 5.88 Å². The lowest BCUT2D eigenvalue weighted by atomic mass is 9.98. The minimum atomic E-state index is -4.48. The van der Waals surface area contributed by atoms with Gasteiger partial charge in [0.1, 0.15) is 5.69 Å². The number of piperidine rings is 1. The molecule has 0 atom stereocenters. The van der Waals surface area contributed by atoms with Crippen molar-refractivity contribution in [2.45, 2.75) is 32.9 Å². The van der Waals surface area contributed by atoms with Gasteiger partial charge < -0.3 is 15.0 Å². The number of nitrogens with one attached hydrogen (secondary N) is 1. The van der Waals surface area contributed by atoms with E-state index in [4.69, 9.17) is 4.74 Å². The Labute approximate surface area is 145 Å². The van der Waals surface area contributed by atoms with Gasteiger partial charge in [0, 0.05) is 25.7 Å². The molecule has 25 heavy (non-hydrogen) atoms. The second-order valence-electron chi connectivity index (χ2n) is 6.68. The fourth-order valence-electron chi connectivity index (χ4n) is 2.56. The zero-order valence-electron chi connectivity index (χ0n) is 14.5. The number of rotatable bonds is 5. The van der Waals surface area contributed by atoms with Crippen LogP contribution in [0, 0.1) is 11.8 Å². The van der Waals surface area contributed by atoms with Crippen molar-refractivity contribution in [3.63, 3.8) is 0 Å². The highest BCUT2D eigenvalue weighted by Crippen LogP contribution is 2.29. The van der Waals surface area contributed by atoms with E-state index in [-0.39, 0.29) is 17.8 Å². The molecular formula is C17H24F3N3O2. The highest BCUT2D eigenvalue weighted by Gasteiger charge is 2.32. The predicted molar refractivity (Wildman–Crippen MR) is 87.3 cm³/mol. The lowest BCUT2D eigenvalue weighted by molar-refractivity contribution is -0.141. The van der Waals surface area contributed by atoms with Crippen LogP contribution in [0.15, 0.2) is 18.2 Å². The van der Waals surface area contributed by atoms with Crippen LogP contribution in [0.25, 0.3) is 0 Å². The summed E-state index contributed by atoms with van der Waals surface area (Å²) in [5.41, 5.74) is -0.957. The summed E-state index contributed by atoms with van der Waals surface area (Å²) in [5, 5.41) is 2.88. The summed E-state index contributed by atoms with van der Waals surface area (Å²) in [6.45, 7) is 6.25. The Morgan fingerprint density at radius 1 is 1.36 bits per heavy atom. The Bertz CT molecular complexity index is 571. The van der Waals surface area contributed by atoms with Gasteiger partial charge in [-0.25, -0.2) is 9.78 Å². The molecule has 1 saturated heterocycles. The number of alkyl halides is 3. The van der Waals surface area contributed by atoms with E-state index < -0.39 is 11.9 Å². The number of aromatic nitrogens is 1. The van der Waals surface area contributed by atoms with Crippen LogP contribution in [-0.2, 0) is 6.18 Å². The van der Waals surface area contributed by atoms with Crippen LogP contribution in [0.3, 0.4) is 0 Å². The lowest BCUT2D eigenvalue weighted by Gasteiger charge is -2.32. The number of halogens is 3. The molecule has 1 N–H and O–H groups in total. The van der Waals surface area contributed by atoms with Crippen molar-refractivity contribution in [1.82, 2.24) is 15.2 Å². The van der Waals surface area contributed by atoms with Gasteiger partial charge in [0.2, 0.25) is 5.88 Å². The van der Waals surface area contributed by atoms with E-state index in [0.717, 1.165) is 18.9 Å². The highest BCUT2D eigenvalue weighted by atomic mass is 19.4. The summed E-state index contributed by atoms with van der Waals surface area (Å²) < 4.78 is 43.3. The highest BCUT2D eigenvalue weighted by molar-refractivity contribution is 5.74. The molecule has 0 aromatic carbocycles. The van der Waals surface area contributed by atoms with E-state index in [1.165, 1.54) is 12.1 Å². The van der Waals surface area contributed by atoms with Crippen LogP contribution >= 0.6 is 0 Å². The standard InChI is InChI=1S/C17H24F3N3O2/c1-12(2)10-21-16(24)23-8-6-13(7-9-23)11-25-15-5-3-4-14(22-15)17(18,19)20/h3-5,12-13H,6-11H2,1-2H3,(H,21,24). The molecule has 140 valence electrons. The molecule has 2 amide bonds. The van der Waals surface area contributed by atoms with Crippen molar-refractivity contribution < 1.29 is 22.7 Å². The summed E-state index contributed by atoms with van der Waals surface area (Å²) in [6.07, 6.45) is -2.96. The van der Waals surface area contributed by atoms with Crippen molar-refractivity contribution in [2.24, 2.45) is 11.8 Å². The largest absolute Gasteiger partial charge is 0.477 e. The summed E-state index contributed by atoms with van der Waals surface area (Å²) in [7, 11) is 0. The Morgan fingerprint density at radius 3 is 2.64 bits per heavy atom. The number of ether oxygens (including phenoxy) is 1. The Kier molecular flexibility index (Phi) is 6.50. The van der Waals surface area contributed by atoms with E-state index in [9.17, 15) is 18.0 Å². The molecule has 0 saturated carbocycles. The molecule has 1 aliphatic heterocycles. The molecule has 1 fully saturated rings. The average molecular weight is 359 g/mol. The number of carbonyl (C=O) groups excluding carboxylic acids is 1. The first-order chi connectivity index (χ1) is 11.8. The van der Waals surface area contributed by atoms with Gasteiger partial charge >= 0.3 is 12.2 Å². The molecule has 2 rings (SSSR count). The minimum absolute atomic E-state index is 0.0214. The smallest absolute Gasteiger partial charge is 0.433 e. The van der Waals surface area contributed by atoms with Crippen LogP contribution in [-0.4, -0.2) is 42.2 Å². The third-order valence-electron chi connectivity index (χ3n) is 4.04. The number of urea groups is 1. The van der Waals surface area contributed by atoms with Gasteiger partial charge in [-0.1, -0.05) is 19.9 Å². The zero-order valence-corrected chi connectivity index (χ0v) is 14.5. The molecule has 0 spiro atoms. The fourth-order valence-corrected chi connectivity index (χ4v) is 2.56. The molecule has 5 nitrogen and oxygen atoms in total. The van der Waals surface area contributed by atoms with Gasteiger partial charge in [-0.15, -0.1) is 0 Å². The monoisotopic (exact) mass is 359 g/mol. The molecule has 1 aromatic heterocycles. The van der Waals surface area contributed by atoms with Gasteiger partial charge in [0.25, 0.3) is 0 Å². The van der Waals surface area contributed by atoms with Crippen LogP contribution in [0.4, 0.5) is 18.0 Å². The third kappa shape index (κ3) is 6.10. The van der Waals surface area contributed by atoms with E-state index in [1.807, 2.05) is 13.8 Å². The zero-order chi connectivity index (χ0) is 18.4. The number of nitrogens with zero attached hydrogens (tertiary/aromatic N) is 2. The number of hydrogen-bond acceptors (Lipinski definition) is 3. The van der Waals surface area contributed by atoms with Crippen LogP contribution in [0.1, 0.15) is 32.4 Å². The van der Waals surface area contributed by atoms with Crippen LogP contribution < -0.4 is 10.1 Å². The maximum Gasteiger partial charge on any atom is 0.433 e. The molecule has 0 unspecified atom stereocenters. The molecule has 1 aromatic rings. The Morgan fingerprint density at radius 2 is 2.04 bits per heavy atom. The van der Waals surface area contributed by atoms with E-state index >= 15 is 0 Å². The topological polar surface area (TPSA) is 54.5 Å². The molecule has 2 heterocycles. The number of amides is 2. The average Bonchev–Trinajstić information content (AvgIpc) is 2.58. The Balaban J connectivity index is 1.76. The Hall–Kier alpha value is -1.99. The molecule has 8 heteroatoms. The third-order valence-corrected chi connectivity index (χ3v) is 4.04. The summed E-state index contributed by atoms with van der Waals surface area (Å²) in [4.78, 5) is 17.2. The molecule has 0 aliphatic carbocycles. The summed E-state index contributed by atoms with van der Waals surface area (Å²) in [6, 6.07) is 3.56. The quantitative estimate of drug-likeness (QED) is 0.875. The number of pyridine rings is 1. The van der Waals surface area contributed by atoms with Crippen LogP contribution in [0.5, 0.6) is 5.88 Å². The second-order valence-corrected chi connectivity index (χ2v) is 6.68. The molecule has 0 radical (unpaired) electrons. The number of hydrogen-bond donors (Lipinski definition) is 1. The van der Waals surface area contributed by atoms with Crippen molar-refractivity contribution in [3.05, 3.63) is 23.9 Å². The number of carbonyl (C=O) groups is 1. The summed E-state index contributed by atoms with van der Waals surface area (Å²) >= 11 is 0. The van der Waals surface area contributed by atoms with Crippen LogP contribution in [0.2, 0.25) is 0 Å². The van der Waals surface area contributed by atoms with Crippen molar-refractivity contribution in [1.29, 1.82) is 0 Å². The fraction of sp³-hybridized carbons (Fsp3) is 0.647. The van der Waals surface area contributed by atoms with Gasteiger partial charge in [0.15, 0.2) is 0 Å². The normalized spacial score (nSPS) is 16.2. The van der Waals surface area contributed by atoms with Crippen molar-refractivity contribution in [2.75, 3.05) is 26.2 Å². The molecular weight excluding hydrogens is 335 g/mol. The first-order valence-electron chi connectivity index (χ1n) is 8.45. The first kappa shape index (κ1) is 19.3. The number of likely N-dealkylation sites (tertiary alicyclic amines) is 1. The first-order valence-corrected chi connectivity index (χ1v) is 8.45. The maximum absolute atomic E-state index is 12.6. The van der Waals surface area contributed by atoms with Gasteiger partial charge in [-0.3, -0.25) is 0 Å². The van der Waals surface area contributed by atoms with Crippen molar-refractivity contribution >= 4 is 6.03 Å². The summed E-state index contributed by atoms with van der Waals surface area (Å²) in [5.74, 6) is 0.576. The van der Waals surface area contributed by atoms with E-state index in [0.29, 0.717) is 32.2 Å². The van der Waals surface area contributed by atoms with Gasteiger partial charge in [-0.2, -0.15) is 13.2 Å². The van der Waals surface area contributed by atoms with Gasteiger partial charge in [0.05, 0.1) is 6.61 Å². The second kappa shape index (κ2) is 8.40. The minimum Gasteiger partial charge on any atom is -0.477 e. The van der Waals surface area contributed by atoms with E-state index in [1.54, 1.807) is 4.90 Å². The van der Waals surface area contributed by atoms with E-state index in [2.05, 4.69) is 10.3 Å². The molecule has 1 aliphatic rings.